The van der Waals surface area contributed by atoms with E-state index in [2.05, 4.69) is 12.2 Å². The molecule has 2 rings (SSSR count). The van der Waals surface area contributed by atoms with Gasteiger partial charge in [-0.15, -0.1) is 0 Å². The summed E-state index contributed by atoms with van der Waals surface area (Å²) in [7, 11) is 0. The van der Waals surface area contributed by atoms with Crippen LogP contribution in [-0.2, 0) is 0 Å². The third-order valence-corrected chi connectivity index (χ3v) is 2.72. The van der Waals surface area contributed by atoms with E-state index in [1.165, 1.54) is 12.1 Å². The summed E-state index contributed by atoms with van der Waals surface area (Å²) in [5, 5.41) is 12.2. The summed E-state index contributed by atoms with van der Waals surface area (Å²) in [6.45, 7) is 3.75. The smallest absolute Gasteiger partial charge is 0.255 e. The summed E-state index contributed by atoms with van der Waals surface area (Å²) in [4.78, 5) is 11.9. The fourth-order valence-electron chi connectivity index (χ4n) is 1.44. The third-order valence-electron chi connectivity index (χ3n) is 2.42. The number of rotatable bonds is 2. The second-order valence-electron chi connectivity index (χ2n) is 3.82. The summed E-state index contributed by atoms with van der Waals surface area (Å²) in [5.74, 6) is -0.257. The SMILES string of the molecule is [CH2]c1ccc(C(=O)Nc2ccc(O)c(Cl)c2)cc1. The van der Waals surface area contributed by atoms with Gasteiger partial charge in [-0.05, 0) is 42.8 Å². The fraction of sp³-hybridized carbons (Fsp3) is 0. The zero-order valence-electron chi connectivity index (χ0n) is 9.48. The minimum atomic E-state index is -0.239. The van der Waals surface area contributed by atoms with Crippen molar-refractivity contribution in [1.82, 2.24) is 0 Å². The standard InChI is InChI=1S/C14H11ClNO2/c1-9-2-4-10(5-3-9)14(18)16-11-6-7-13(17)12(15)8-11/h2-8,17H,1H2,(H,16,18). The van der Waals surface area contributed by atoms with Crippen LogP contribution < -0.4 is 5.32 Å². The van der Waals surface area contributed by atoms with Crippen molar-refractivity contribution >= 4 is 23.2 Å². The number of anilines is 1. The topological polar surface area (TPSA) is 49.3 Å². The van der Waals surface area contributed by atoms with Gasteiger partial charge in [-0.25, -0.2) is 0 Å². The quantitative estimate of drug-likeness (QED) is 0.812. The summed E-state index contributed by atoms with van der Waals surface area (Å²) in [5.41, 5.74) is 1.91. The van der Waals surface area contributed by atoms with Gasteiger partial charge < -0.3 is 10.4 Å². The Morgan fingerprint density at radius 3 is 2.44 bits per heavy atom. The molecule has 0 atom stereocenters. The summed E-state index contributed by atoms with van der Waals surface area (Å²) < 4.78 is 0. The molecule has 0 spiro atoms. The number of hydrogen-bond acceptors (Lipinski definition) is 2. The average molecular weight is 261 g/mol. The highest BCUT2D eigenvalue weighted by Gasteiger charge is 2.07. The predicted molar refractivity (Wildman–Crippen MR) is 72.0 cm³/mol. The molecule has 0 aliphatic rings. The van der Waals surface area contributed by atoms with Crippen molar-refractivity contribution in [2.24, 2.45) is 0 Å². The summed E-state index contributed by atoms with van der Waals surface area (Å²) in [6.07, 6.45) is 0. The molecular weight excluding hydrogens is 250 g/mol. The molecule has 0 heterocycles. The van der Waals surface area contributed by atoms with Crippen LogP contribution in [0.1, 0.15) is 15.9 Å². The van der Waals surface area contributed by atoms with Gasteiger partial charge in [0.15, 0.2) is 0 Å². The molecule has 2 aromatic carbocycles. The maximum atomic E-state index is 11.9. The largest absolute Gasteiger partial charge is 0.506 e. The van der Waals surface area contributed by atoms with E-state index < -0.39 is 0 Å². The van der Waals surface area contributed by atoms with Crippen molar-refractivity contribution in [3.63, 3.8) is 0 Å². The van der Waals surface area contributed by atoms with E-state index in [1.807, 2.05) is 0 Å². The zero-order valence-corrected chi connectivity index (χ0v) is 10.2. The zero-order chi connectivity index (χ0) is 13.1. The lowest BCUT2D eigenvalue weighted by Gasteiger charge is -2.06. The van der Waals surface area contributed by atoms with Gasteiger partial charge in [0, 0.05) is 11.3 Å². The molecule has 0 unspecified atom stereocenters. The van der Waals surface area contributed by atoms with Crippen molar-refractivity contribution < 1.29 is 9.90 Å². The molecule has 0 fully saturated rings. The van der Waals surface area contributed by atoms with Crippen LogP contribution in [0.5, 0.6) is 5.75 Å². The molecule has 2 aromatic rings. The maximum absolute atomic E-state index is 11.9. The van der Waals surface area contributed by atoms with E-state index in [0.717, 1.165) is 5.56 Å². The minimum Gasteiger partial charge on any atom is -0.506 e. The number of amides is 1. The highest BCUT2D eigenvalue weighted by Crippen LogP contribution is 2.26. The van der Waals surface area contributed by atoms with Gasteiger partial charge in [0.05, 0.1) is 5.02 Å². The van der Waals surface area contributed by atoms with Crippen LogP contribution in [0.25, 0.3) is 0 Å². The Kier molecular flexibility index (Phi) is 3.53. The van der Waals surface area contributed by atoms with E-state index in [4.69, 9.17) is 11.6 Å². The van der Waals surface area contributed by atoms with Crippen LogP contribution in [0, 0.1) is 6.92 Å². The number of phenols is 1. The molecule has 0 saturated heterocycles. The molecule has 0 aliphatic carbocycles. The fourth-order valence-corrected chi connectivity index (χ4v) is 1.62. The first-order valence-electron chi connectivity index (χ1n) is 5.28. The second-order valence-corrected chi connectivity index (χ2v) is 4.22. The van der Waals surface area contributed by atoms with Crippen LogP contribution in [0.15, 0.2) is 42.5 Å². The molecule has 18 heavy (non-hydrogen) atoms. The Labute approximate surface area is 110 Å². The normalized spacial score (nSPS) is 10.1. The number of hydrogen-bond donors (Lipinski definition) is 2. The Bertz CT molecular complexity index is 579. The van der Waals surface area contributed by atoms with Crippen LogP contribution in [0.3, 0.4) is 0 Å². The van der Waals surface area contributed by atoms with E-state index >= 15 is 0 Å². The lowest BCUT2D eigenvalue weighted by Crippen LogP contribution is -2.11. The highest BCUT2D eigenvalue weighted by molar-refractivity contribution is 6.32. The molecule has 0 aliphatic heterocycles. The van der Waals surface area contributed by atoms with Crippen molar-refractivity contribution in [3.8, 4) is 5.75 Å². The summed E-state index contributed by atoms with van der Waals surface area (Å²) in [6, 6.07) is 11.4. The van der Waals surface area contributed by atoms with E-state index in [9.17, 15) is 9.90 Å². The molecule has 2 N–H and O–H groups in total. The first kappa shape index (κ1) is 12.5. The lowest BCUT2D eigenvalue weighted by molar-refractivity contribution is 0.102. The van der Waals surface area contributed by atoms with Crippen molar-refractivity contribution in [2.75, 3.05) is 5.32 Å². The second kappa shape index (κ2) is 5.10. The lowest BCUT2D eigenvalue weighted by atomic mass is 10.1. The molecule has 3 nitrogen and oxygen atoms in total. The molecule has 4 heteroatoms. The number of aromatic hydroxyl groups is 1. The number of benzene rings is 2. The molecule has 91 valence electrons. The Morgan fingerprint density at radius 1 is 1.17 bits per heavy atom. The van der Waals surface area contributed by atoms with Gasteiger partial charge in [-0.1, -0.05) is 23.7 Å². The first-order valence-corrected chi connectivity index (χ1v) is 5.66. The first-order chi connectivity index (χ1) is 8.56. The monoisotopic (exact) mass is 260 g/mol. The Morgan fingerprint density at radius 2 is 1.83 bits per heavy atom. The molecule has 0 bridgehead atoms. The van der Waals surface area contributed by atoms with Gasteiger partial charge >= 0.3 is 0 Å². The Balaban J connectivity index is 2.16. The number of phenolic OH excluding ortho intramolecular Hbond substituents is 1. The minimum absolute atomic E-state index is 0.0175. The number of nitrogens with one attached hydrogen (secondary N) is 1. The Hall–Kier alpha value is -2.00. The van der Waals surface area contributed by atoms with Crippen LogP contribution in [-0.4, -0.2) is 11.0 Å². The van der Waals surface area contributed by atoms with Crippen molar-refractivity contribution in [2.45, 2.75) is 0 Å². The van der Waals surface area contributed by atoms with E-state index in [-0.39, 0.29) is 16.7 Å². The van der Waals surface area contributed by atoms with Crippen LogP contribution in [0.2, 0.25) is 5.02 Å². The maximum Gasteiger partial charge on any atom is 0.255 e. The predicted octanol–water partition coefficient (Wildman–Crippen LogP) is 3.48. The van der Waals surface area contributed by atoms with Gasteiger partial charge in [0.1, 0.15) is 5.75 Å². The van der Waals surface area contributed by atoms with Crippen molar-refractivity contribution in [3.05, 3.63) is 65.5 Å². The number of halogens is 1. The average Bonchev–Trinajstić information content (AvgIpc) is 2.34. The van der Waals surface area contributed by atoms with Crippen molar-refractivity contribution in [1.29, 1.82) is 0 Å². The third kappa shape index (κ3) is 2.81. The van der Waals surface area contributed by atoms with Gasteiger partial charge in [-0.3, -0.25) is 4.79 Å². The molecule has 0 aromatic heterocycles. The molecule has 0 saturated carbocycles. The molecule has 1 amide bonds. The number of carbonyl (C=O) groups is 1. The van der Waals surface area contributed by atoms with E-state index in [1.54, 1.807) is 30.3 Å². The highest BCUT2D eigenvalue weighted by atomic mass is 35.5. The number of carbonyl (C=O) groups excluding carboxylic acids is 1. The van der Waals surface area contributed by atoms with Gasteiger partial charge in [-0.2, -0.15) is 0 Å². The van der Waals surface area contributed by atoms with E-state index in [0.29, 0.717) is 11.3 Å². The van der Waals surface area contributed by atoms with Crippen LogP contribution in [0.4, 0.5) is 5.69 Å². The van der Waals surface area contributed by atoms with Gasteiger partial charge in [0.25, 0.3) is 5.91 Å². The van der Waals surface area contributed by atoms with Gasteiger partial charge in [0.2, 0.25) is 0 Å². The van der Waals surface area contributed by atoms with Crippen LogP contribution >= 0.6 is 11.6 Å². The summed E-state index contributed by atoms with van der Waals surface area (Å²) >= 11 is 5.75. The molecular formula is C14H11ClNO2. The molecule has 1 radical (unpaired) electrons.